The minimum Gasteiger partial charge on any atom is -0.346 e. The highest BCUT2D eigenvalue weighted by molar-refractivity contribution is 5.80. The van der Waals surface area contributed by atoms with Crippen LogP contribution in [0.15, 0.2) is 36.7 Å². The first kappa shape index (κ1) is 8.68. The van der Waals surface area contributed by atoms with Crippen LogP contribution in [0.25, 0.3) is 11.0 Å². The Morgan fingerprint density at radius 1 is 1.33 bits per heavy atom. The van der Waals surface area contributed by atoms with Crippen molar-refractivity contribution in [2.75, 3.05) is 6.54 Å². The lowest BCUT2D eigenvalue weighted by Gasteiger charge is -2.18. The van der Waals surface area contributed by atoms with Gasteiger partial charge in [-0.3, -0.25) is 0 Å². The Morgan fingerprint density at radius 2 is 2.33 bits per heavy atom. The average molecular weight is 199 g/mol. The Morgan fingerprint density at radius 3 is 3.20 bits per heavy atom. The van der Waals surface area contributed by atoms with Crippen LogP contribution in [0.5, 0.6) is 0 Å². The van der Waals surface area contributed by atoms with Gasteiger partial charge in [-0.25, -0.2) is 4.98 Å². The summed E-state index contributed by atoms with van der Waals surface area (Å²) in [4.78, 5) is 7.51. The van der Waals surface area contributed by atoms with E-state index in [1.165, 1.54) is 10.9 Å². The van der Waals surface area contributed by atoms with Crippen LogP contribution in [0.2, 0.25) is 0 Å². The van der Waals surface area contributed by atoms with Crippen molar-refractivity contribution in [2.45, 2.75) is 12.5 Å². The molecule has 3 heterocycles. The molecule has 3 heteroatoms. The number of hydrogen-bond donors (Lipinski definition) is 2. The summed E-state index contributed by atoms with van der Waals surface area (Å²) in [7, 11) is 0. The minimum atomic E-state index is 0.424. The summed E-state index contributed by atoms with van der Waals surface area (Å²) in [6.45, 7) is 0.956. The number of hydrogen-bond acceptors (Lipinski definition) is 2. The number of rotatable bonds is 1. The van der Waals surface area contributed by atoms with Crippen molar-refractivity contribution in [3.05, 3.63) is 42.2 Å². The smallest absolute Gasteiger partial charge is 0.137 e. The van der Waals surface area contributed by atoms with Gasteiger partial charge in [-0.1, -0.05) is 12.2 Å². The maximum Gasteiger partial charge on any atom is 0.137 e. The lowest BCUT2D eigenvalue weighted by Crippen LogP contribution is -2.23. The second-order valence-electron chi connectivity index (χ2n) is 3.81. The zero-order valence-electron chi connectivity index (χ0n) is 8.40. The molecule has 2 N–H and O–H groups in total. The number of pyridine rings is 1. The van der Waals surface area contributed by atoms with E-state index in [4.69, 9.17) is 0 Å². The summed E-state index contributed by atoms with van der Waals surface area (Å²) in [5.74, 6) is 0. The topological polar surface area (TPSA) is 40.7 Å². The Balaban J connectivity index is 2.07. The van der Waals surface area contributed by atoms with Crippen LogP contribution < -0.4 is 5.32 Å². The maximum atomic E-state index is 4.30. The Kier molecular flexibility index (Phi) is 2.03. The maximum absolute atomic E-state index is 4.30. The van der Waals surface area contributed by atoms with Gasteiger partial charge in [0, 0.05) is 30.4 Å². The first-order valence-corrected chi connectivity index (χ1v) is 5.25. The normalized spacial score (nSPS) is 20.9. The van der Waals surface area contributed by atoms with Crippen LogP contribution in [0, 0.1) is 0 Å². The van der Waals surface area contributed by atoms with Gasteiger partial charge in [-0.15, -0.1) is 0 Å². The Bertz CT molecular complexity index is 498. The molecule has 3 nitrogen and oxygen atoms in total. The molecule has 0 saturated carbocycles. The third-order valence-corrected chi connectivity index (χ3v) is 2.88. The molecular weight excluding hydrogens is 186 g/mol. The molecule has 0 saturated heterocycles. The fraction of sp³-hybridized carbons (Fsp3) is 0.250. The van der Waals surface area contributed by atoms with Crippen molar-refractivity contribution in [1.29, 1.82) is 0 Å². The lowest BCUT2D eigenvalue weighted by atomic mass is 10.0. The van der Waals surface area contributed by atoms with Crippen molar-refractivity contribution >= 4 is 11.0 Å². The Labute approximate surface area is 88.2 Å². The molecule has 2 aromatic heterocycles. The van der Waals surface area contributed by atoms with Crippen LogP contribution >= 0.6 is 0 Å². The SMILES string of the molecule is C1=CCC(c2c[nH]c3ncccc23)NC1. The first-order valence-electron chi connectivity index (χ1n) is 5.25. The number of aromatic nitrogens is 2. The Hall–Kier alpha value is -1.61. The van der Waals surface area contributed by atoms with Gasteiger partial charge in [0.25, 0.3) is 0 Å². The zero-order valence-corrected chi connectivity index (χ0v) is 8.40. The van der Waals surface area contributed by atoms with Crippen LogP contribution in [-0.2, 0) is 0 Å². The van der Waals surface area contributed by atoms with E-state index in [1.807, 2.05) is 12.3 Å². The van der Waals surface area contributed by atoms with Gasteiger partial charge in [-0.05, 0) is 24.1 Å². The second-order valence-corrected chi connectivity index (χ2v) is 3.81. The predicted molar refractivity (Wildman–Crippen MR) is 60.6 cm³/mol. The van der Waals surface area contributed by atoms with Crippen molar-refractivity contribution in [3.63, 3.8) is 0 Å². The van der Waals surface area contributed by atoms with Crippen molar-refractivity contribution in [3.8, 4) is 0 Å². The minimum absolute atomic E-state index is 0.424. The predicted octanol–water partition coefficient (Wildman–Crippen LogP) is 2.15. The molecule has 0 aliphatic carbocycles. The molecule has 0 aromatic carbocycles. The highest BCUT2D eigenvalue weighted by Crippen LogP contribution is 2.26. The van der Waals surface area contributed by atoms with Crippen molar-refractivity contribution in [1.82, 2.24) is 15.3 Å². The second kappa shape index (κ2) is 3.51. The lowest BCUT2D eigenvalue weighted by molar-refractivity contribution is 0.558. The molecule has 1 unspecified atom stereocenters. The summed E-state index contributed by atoms with van der Waals surface area (Å²) in [5.41, 5.74) is 2.30. The summed E-state index contributed by atoms with van der Waals surface area (Å²) in [5, 5.41) is 4.71. The van der Waals surface area contributed by atoms with Gasteiger partial charge in [0.1, 0.15) is 5.65 Å². The summed E-state index contributed by atoms with van der Waals surface area (Å²) in [6.07, 6.45) is 9.34. The molecule has 3 rings (SSSR count). The van der Waals surface area contributed by atoms with Crippen molar-refractivity contribution < 1.29 is 0 Å². The monoisotopic (exact) mass is 199 g/mol. The van der Waals surface area contributed by atoms with Gasteiger partial charge in [0.05, 0.1) is 0 Å². The molecule has 1 aliphatic heterocycles. The highest BCUT2D eigenvalue weighted by Gasteiger charge is 2.15. The number of nitrogens with one attached hydrogen (secondary N) is 2. The van der Waals surface area contributed by atoms with Crippen molar-refractivity contribution in [2.24, 2.45) is 0 Å². The summed E-state index contributed by atoms with van der Waals surface area (Å²) >= 11 is 0. The molecule has 0 fully saturated rings. The van der Waals surface area contributed by atoms with E-state index in [2.05, 4.69) is 39.7 Å². The largest absolute Gasteiger partial charge is 0.346 e. The van der Waals surface area contributed by atoms with Gasteiger partial charge < -0.3 is 10.3 Å². The van der Waals surface area contributed by atoms with Crippen LogP contribution in [0.3, 0.4) is 0 Å². The molecule has 1 aliphatic rings. The molecule has 2 aromatic rings. The fourth-order valence-corrected chi connectivity index (χ4v) is 2.11. The summed E-state index contributed by atoms with van der Waals surface area (Å²) in [6, 6.07) is 4.53. The first-order chi connectivity index (χ1) is 7.45. The molecule has 76 valence electrons. The number of nitrogens with zero attached hydrogens (tertiary/aromatic N) is 1. The standard InChI is InChI=1S/C12H13N3/c1-2-6-13-11(5-1)10-8-15-12-9(10)4-3-7-14-12/h1-4,7-8,11,13H,5-6H2,(H,14,15). The van der Waals surface area contributed by atoms with E-state index in [1.54, 1.807) is 0 Å². The quantitative estimate of drug-likeness (QED) is 0.691. The van der Waals surface area contributed by atoms with Gasteiger partial charge in [-0.2, -0.15) is 0 Å². The van der Waals surface area contributed by atoms with E-state index in [-0.39, 0.29) is 0 Å². The van der Waals surface area contributed by atoms with Crippen LogP contribution in [0.4, 0.5) is 0 Å². The van der Waals surface area contributed by atoms with E-state index >= 15 is 0 Å². The third-order valence-electron chi connectivity index (χ3n) is 2.88. The molecule has 15 heavy (non-hydrogen) atoms. The van der Waals surface area contributed by atoms with Gasteiger partial charge in [0.2, 0.25) is 0 Å². The molecule has 0 radical (unpaired) electrons. The number of fused-ring (bicyclic) bond motifs is 1. The van der Waals surface area contributed by atoms with E-state index < -0.39 is 0 Å². The average Bonchev–Trinajstić information content (AvgIpc) is 2.74. The molecular formula is C12H13N3. The van der Waals surface area contributed by atoms with E-state index in [9.17, 15) is 0 Å². The number of aromatic amines is 1. The zero-order chi connectivity index (χ0) is 10.1. The number of H-pyrrole nitrogens is 1. The highest BCUT2D eigenvalue weighted by atomic mass is 14.9. The van der Waals surface area contributed by atoms with Crippen LogP contribution in [-0.4, -0.2) is 16.5 Å². The van der Waals surface area contributed by atoms with Gasteiger partial charge in [0.15, 0.2) is 0 Å². The fourth-order valence-electron chi connectivity index (χ4n) is 2.11. The van der Waals surface area contributed by atoms with E-state index in [0.29, 0.717) is 6.04 Å². The molecule has 1 atom stereocenters. The van der Waals surface area contributed by atoms with E-state index in [0.717, 1.165) is 18.6 Å². The summed E-state index contributed by atoms with van der Waals surface area (Å²) < 4.78 is 0. The molecule has 0 amide bonds. The van der Waals surface area contributed by atoms with Crippen LogP contribution in [0.1, 0.15) is 18.0 Å². The third kappa shape index (κ3) is 1.45. The molecule has 0 spiro atoms. The molecule has 0 bridgehead atoms. The van der Waals surface area contributed by atoms with Gasteiger partial charge >= 0.3 is 0 Å².